The first-order valence-electron chi connectivity index (χ1n) is 2.06. The van der Waals surface area contributed by atoms with Crippen LogP contribution in [0.25, 0.3) is 0 Å². The van der Waals surface area contributed by atoms with Crippen molar-refractivity contribution in [2.45, 2.75) is 0 Å². The molecule has 62 valence electrons. The maximum Gasteiger partial charge on any atom is 1.00 e. The Morgan fingerprint density at radius 3 is 1.55 bits per heavy atom. The van der Waals surface area contributed by atoms with Gasteiger partial charge in [-0.1, -0.05) is 0 Å². The van der Waals surface area contributed by atoms with Gasteiger partial charge in [0.25, 0.3) is 0 Å². The van der Waals surface area contributed by atoms with Gasteiger partial charge in [0.15, 0.2) is 0 Å². The third-order valence-corrected chi connectivity index (χ3v) is 2.69. The second-order valence-electron chi connectivity index (χ2n) is 1.50. The third-order valence-electron chi connectivity index (χ3n) is 0.577. The number of rotatable bonds is 3. The van der Waals surface area contributed by atoms with E-state index in [1.165, 1.54) is 0 Å². The summed E-state index contributed by atoms with van der Waals surface area (Å²) >= 11 is 0. The normalized spacial score (nSPS) is 12.2. The van der Waals surface area contributed by atoms with Gasteiger partial charge in [0.05, 0.1) is 21.6 Å². The zero-order chi connectivity index (χ0) is 8.41. The van der Waals surface area contributed by atoms with Crippen LogP contribution in [0, 0.1) is 0 Å². The first-order chi connectivity index (χ1) is 4.21. The molecule has 0 aromatic heterocycles. The minimum absolute atomic E-state index is 0. The van der Waals surface area contributed by atoms with E-state index >= 15 is 0 Å². The number of halogens is 1. The fourth-order valence-corrected chi connectivity index (χ4v) is 2.38. The molecule has 0 rings (SSSR count). The molecule has 0 radical (unpaired) electrons. The van der Waals surface area contributed by atoms with E-state index < -0.39 is 30.7 Å². The van der Waals surface area contributed by atoms with Crippen LogP contribution >= 0.6 is 10.7 Å². The van der Waals surface area contributed by atoms with Crippen molar-refractivity contribution in [1.82, 2.24) is 0 Å². The van der Waals surface area contributed by atoms with Gasteiger partial charge in [-0.15, -0.1) is 0 Å². The van der Waals surface area contributed by atoms with Crippen LogP contribution in [-0.2, 0) is 19.2 Å². The standard InChI is InChI=1S/C2H5ClO5S2.K/c3-9(4,5)1-2-10(6,7)8;/h1-2H2,(H,6,7,8);/q;+1/p-1. The van der Waals surface area contributed by atoms with Crippen LogP contribution in [0.2, 0.25) is 0 Å². The van der Waals surface area contributed by atoms with Gasteiger partial charge in [-0.05, 0) is 0 Å². The smallest absolute Gasteiger partial charge is 0.748 e. The maximum absolute atomic E-state index is 10.0. The molecule has 0 aliphatic carbocycles. The van der Waals surface area contributed by atoms with Gasteiger partial charge >= 0.3 is 51.4 Å². The number of hydrogen-bond donors (Lipinski definition) is 0. The van der Waals surface area contributed by atoms with Crippen molar-refractivity contribution in [3.8, 4) is 0 Å². The predicted molar refractivity (Wildman–Crippen MR) is 34.2 cm³/mol. The summed E-state index contributed by atoms with van der Waals surface area (Å²) < 4.78 is 49.5. The summed E-state index contributed by atoms with van der Waals surface area (Å²) in [5.41, 5.74) is 0. The molecule has 0 aliphatic heterocycles. The zero-order valence-corrected chi connectivity index (χ0v) is 11.2. The molecule has 0 spiro atoms. The molecular formula is C2H4ClKO5S2. The van der Waals surface area contributed by atoms with Crippen molar-refractivity contribution in [2.24, 2.45) is 0 Å². The van der Waals surface area contributed by atoms with E-state index in [0.717, 1.165) is 0 Å². The quantitative estimate of drug-likeness (QED) is 0.289. The Kier molecular flexibility index (Phi) is 7.64. The molecule has 0 amide bonds. The van der Waals surface area contributed by atoms with Crippen LogP contribution in [-0.4, -0.2) is 32.9 Å². The molecular weight excluding hydrogens is 243 g/mol. The van der Waals surface area contributed by atoms with Crippen LogP contribution < -0.4 is 51.4 Å². The second kappa shape index (κ2) is 5.50. The van der Waals surface area contributed by atoms with E-state index in [1.54, 1.807) is 0 Å². The minimum Gasteiger partial charge on any atom is -0.748 e. The summed E-state index contributed by atoms with van der Waals surface area (Å²) in [7, 11) is -3.73. The topological polar surface area (TPSA) is 91.3 Å². The largest absolute Gasteiger partial charge is 1.00 e. The summed E-state index contributed by atoms with van der Waals surface area (Å²) in [6.45, 7) is 0. The van der Waals surface area contributed by atoms with Crippen molar-refractivity contribution in [1.29, 1.82) is 0 Å². The van der Waals surface area contributed by atoms with E-state index in [1.807, 2.05) is 0 Å². The van der Waals surface area contributed by atoms with Crippen LogP contribution in [0.15, 0.2) is 0 Å². The molecule has 0 saturated carbocycles. The maximum atomic E-state index is 10.0. The van der Waals surface area contributed by atoms with Gasteiger partial charge in [-0.2, -0.15) is 0 Å². The van der Waals surface area contributed by atoms with Crippen molar-refractivity contribution in [3.63, 3.8) is 0 Å². The monoisotopic (exact) mass is 246 g/mol. The van der Waals surface area contributed by atoms with E-state index in [-0.39, 0.29) is 51.4 Å². The second-order valence-corrected chi connectivity index (χ2v) is 5.92. The van der Waals surface area contributed by atoms with Crippen LogP contribution in [0.4, 0.5) is 0 Å². The third kappa shape index (κ3) is 14.6. The van der Waals surface area contributed by atoms with Crippen molar-refractivity contribution in [2.75, 3.05) is 11.5 Å². The van der Waals surface area contributed by atoms with Gasteiger partial charge in [0.1, 0.15) is 0 Å². The van der Waals surface area contributed by atoms with Crippen molar-refractivity contribution in [3.05, 3.63) is 0 Å². The van der Waals surface area contributed by atoms with Crippen molar-refractivity contribution < 1.29 is 72.8 Å². The molecule has 0 N–H and O–H groups in total. The Bertz CT molecular complexity index is 258. The summed E-state index contributed by atoms with van der Waals surface area (Å²) in [6, 6.07) is 0. The number of hydrogen-bond acceptors (Lipinski definition) is 5. The first-order valence-corrected chi connectivity index (χ1v) is 6.12. The van der Waals surface area contributed by atoms with E-state index in [2.05, 4.69) is 10.7 Å². The van der Waals surface area contributed by atoms with Gasteiger partial charge in [-0.25, -0.2) is 16.8 Å². The fourth-order valence-electron chi connectivity index (χ4n) is 0.202. The van der Waals surface area contributed by atoms with Crippen LogP contribution in [0.3, 0.4) is 0 Å². The SMILES string of the molecule is O=S(=O)([O-])CCS(=O)(=O)Cl.[K+]. The van der Waals surface area contributed by atoms with Crippen LogP contribution in [0.5, 0.6) is 0 Å². The molecule has 0 aromatic rings. The summed E-state index contributed by atoms with van der Waals surface area (Å²) in [6.07, 6.45) is 0. The molecule has 0 heterocycles. The Hall–Kier alpha value is 1.79. The predicted octanol–water partition coefficient (Wildman–Crippen LogP) is -3.90. The molecule has 0 aromatic carbocycles. The Balaban J connectivity index is 0. The van der Waals surface area contributed by atoms with E-state index in [9.17, 15) is 21.4 Å². The summed E-state index contributed by atoms with van der Waals surface area (Å²) in [4.78, 5) is 0. The van der Waals surface area contributed by atoms with Crippen molar-refractivity contribution >= 4 is 29.9 Å². The van der Waals surface area contributed by atoms with Gasteiger partial charge in [0.2, 0.25) is 9.05 Å². The molecule has 0 saturated heterocycles. The molecule has 0 fully saturated rings. The molecule has 5 nitrogen and oxygen atoms in total. The minimum atomic E-state index is -4.47. The average Bonchev–Trinajstić information content (AvgIpc) is 1.57. The van der Waals surface area contributed by atoms with Gasteiger partial charge in [-0.3, -0.25) is 0 Å². The van der Waals surface area contributed by atoms with E-state index in [4.69, 9.17) is 0 Å². The summed E-state index contributed by atoms with van der Waals surface area (Å²) in [5.74, 6) is -1.81. The molecule has 0 bridgehead atoms. The Morgan fingerprint density at radius 2 is 1.45 bits per heavy atom. The average molecular weight is 247 g/mol. The zero-order valence-electron chi connectivity index (χ0n) is 5.65. The first kappa shape index (κ1) is 15.3. The Morgan fingerprint density at radius 1 is 1.09 bits per heavy atom. The molecule has 11 heavy (non-hydrogen) atoms. The molecule has 9 heteroatoms. The molecule has 0 atom stereocenters. The van der Waals surface area contributed by atoms with Gasteiger partial charge in [0, 0.05) is 10.7 Å². The summed E-state index contributed by atoms with van der Waals surface area (Å²) in [5, 5.41) is 0. The van der Waals surface area contributed by atoms with E-state index in [0.29, 0.717) is 0 Å². The van der Waals surface area contributed by atoms with Gasteiger partial charge < -0.3 is 4.55 Å². The van der Waals surface area contributed by atoms with Crippen LogP contribution in [0.1, 0.15) is 0 Å². The fraction of sp³-hybridized carbons (Fsp3) is 1.00. The molecule has 0 aliphatic rings. The Labute approximate surface area is 112 Å². The molecule has 0 unspecified atom stereocenters.